The van der Waals surface area contributed by atoms with Gasteiger partial charge >= 0.3 is 0 Å². The third kappa shape index (κ3) is 3.92. The lowest BCUT2D eigenvalue weighted by atomic mass is 10.1. The first-order chi connectivity index (χ1) is 17.5. The van der Waals surface area contributed by atoms with E-state index in [1.165, 1.54) is 12.1 Å². The number of imidazole rings is 1. The highest BCUT2D eigenvalue weighted by molar-refractivity contribution is 5.97. The Morgan fingerprint density at radius 3 is 2.78 bits per heavy atom. The number of aromatic nitrogens is 3. The maximum atomic E-state index is 13.5. The molecular weight excluding hydrogens is 457 g/mol. The van der Waals surface area contributed by atoms with Crippen LogP contribution in [-0.4, -0.2) is 63.3 Å². The normalized spacial score (nSPS) is 16.7. The minimum absolute atomic E-state index is 0.0602. The monoisotopic (exact) mass is 485 g/mol. The van der Waals surface area contributed by atoms with E-state index in [1.807, 2.05) is 29.1 Å². The number of fused-ring (bicyclic) bond motifs is 5. The van der Waals surface area contributed by atoms with Gasteiger partial charge in [-0.05, 0) is 61.0 Å². The molecule has 0 spiro atoms. The zero-order valence-electron chi connectivity index (χ0n) is 20.1. The molecule has 1 unspecified atom stereocenters. The van der Waals surface area contributed by atoms with Crippen molar-refractivity contribution in [2.75, 3.05) is 38.2 Å². The van der Waals surface area contributed by atoms with Crippen LogP contribution < -0.4 is 4.90 Å². The number of anilines is 1. The van der Waals surface area contributed by atoms with Gasteiger partial charge in [-0.1, -0.05) is 12.1 Å². The van der Waals surface area contributed by atoms with E-state index in [0.717, 1.165) is 46.0 Å². The van der Waals surface area contributed by atoms with Crippen molar-refractivity contribution in [2.24, 2.45) is 5.92 Å². The summed E-state index contributed by atoms with van der Waals surface area (Å²) in [5, 5.41) is 9.18. The average molecular weight is 486 g/mol. The number of benzene rings is 2. The fourth-order valence-corrected chi connectivity index (χ4v) is 5.40. The Morgan fingerprint density at radius 1 is 1.14 bits per heavy atom. The first-order valence-electron chi connectivity index (χ1n) is 12.3. The van der Waals surface area contributed by atoms with Gasteiger partial charge < -0.3 is 19.5 Å². The van der Waals surface area contributed by atoms with Crippen LogP contribution in [0.5, 0.6) is 0 Å². The summed E-state index contributed by atoms with van der Waals surface area (Å²) in [5.74, 6) is 0.668. The van der Waals surface area contributed by atoms with Crippen LogP contribution >= 0.6 is 0 Å². The Labute approximate surface area is 209 Å². The molecule has 2 aromatic heterocycles. The van der Waals surface area contributed by atoms with Crippen molar-refractivity contribution >= 4 is 11.6 Å². The third-order valence-corrected chi connectivity index (χ3v) is 7.25. The minimum atomic E-state index is -0.254. The number of amides is 1. The second-order valence-corrected chi connectivity index (χ2v) is 9.64. The van der Waals surface area contributed by atoms with Crippen LogP contribution in [0.15, 0.2) is 67.1 Å². The Balaban J connectivity index is 1.33. The number of carbonyl (C=O) groups is 1. The number of carbonyl (C=O) groups excluding carboxylic acids is 1. The molecule has 2 aliphatic heterocycles. The Kier molecular flexibility index (Phi) is 5.70. The number of aliphatic hydroxyl groups excluding tert-OH is 1. The van der Waals surface area contributed by atoms with Crippen molar-refractivity contribution in [2.45, 2.75) is 13.0 Å². The minimum Gasteiger partial charge on any atom is -0.395 e. The maximum absolute atomic E-state index is 13.5. The molecule has 7 nitrogen and oxygen atoms in total. The van der Waals surface area contributed by atoms with Crippen LogP contribution in [0.4, 0.5) is 10.1 Å². The summed E-state index contributed by atoms with van der Waals surface area (Å²) in [6, 6.07) is 14.8. The van der Waals surface area contributed by atoms with E-state index in [9.17, 15) is 14.3 Å². The van der Waals surface area contributed by atoms with Crippen molar-refractivity contribution in [3.63, 3.8) is 0 Å². The van der Waals surface area contributed by atoms with Gasteiger partial charge in [0.15, 0.2) is 5.82 Å². The molecule has 4 heterocycles. The molecule has 8 heteroatoms. The van der Waals surface area contributed by atoms with Gasteiger partial charge in [0, 0.05) is 56.0 Å². The highest BCUT2D eigenvalue weighted by Crippen LogP contribution is 2.36. The number of aliphatic hydroxyl groups is 1. The van der Waals surface area contributed by atoms with E-state index in [2.05, 4.69) is 38.5 Å². The topological polar surface area (TPSA) is 66.5 Å². The Hall–Kier alpha value is -3.75. The van der Waals surface area contributed by atoms with Crippen LogP contribution in [-0.2, 0) is 11.3 Å². The van der Waals surface area contributed by atoms with Gasteiger partial charge in [-0.25, -0.2) is 9.37 Å². The molecule has 6 rings (SSSR count). The Bertz CT molecular complexity index is 1420. The molecule has 1 saturated heterocycles. The van der Waals surface area contributed by atoms with E-state index in [-0.39, 0.29) is 24.2 Å². The lowest BCUT2D eigenvalue weighted by Gasteiger charge is -2.21. The lowest BCUT2D eigenvalue weighted by Crippen LogP contribution is -2.34. The number of hydrogen-bond donors (Lipinski definition) is 1. The van der Waals surface area contributed by atoms with Gasteiger partial charge in [-0.2, -0.15) is 0 Å². The molecule has 1 fully saturated rings. The standard InChI is InChI=1S/C28H28FN5O2/c1-31(12-13-35)16-20-8-10-33(28(20)36)24-6-7-25-22(14-24)18-32-17-21(19-2-4-23(29)5-3-19)15-26(32)27-30-9-11-34(25)27/h2-7,9,11,14-15,17,20,35H,8,10,12-13,16,18H2,1H3. The van der Waals surface area contributed by atoms with E-state index in [1.54, 1.807) is 18.3 Å². The molecule has 1 atom stereocenters. The molecule has 2 aliphatic rings. The number of nitrogens with zero attached hydrogens (tertiary/aromatic N) is 5. The molecule has 36 heavy (non-hydrogen) atoms. The number of halogens is 1. The van der Waals surface area contributed by atoms with Crippen LogP contribution in [0.1, 0.15) is 12.0 Å². The van der Waals surface area contributed by atoms with E-state index in [4.69, 9.17) is 0 Å². The summed E-state index contributed by atoms with van der Waals surface area (Å²) in [5.41, 5.74) is 5.99. The fraction of sp³-hybridized carbons (Fsp3) is 0.286. The predicted octanol–water partition coefficient (Wildman–Crippen LogP) is 3.79. The van der Waals surface area contributed by atoms with Crippen LogP contribution in [0.3, 0.4) is 0 Å². The highest BCUT2D eigenvalue weighted by atomic mass is 19.1. The first-order valence-corrected chi connectivity index (χ1v) is 12.3. The average Bonchev–Trinajstić information content (AvgIpc) is 3.58. The van der Waals surface area contributed by atoms with Gasteiger partial charge in [0.1, 0.15) is 5.82 Å². The van der Waals surface area contributed by atoms with Gasteiger partial charge in [-0.15, -0.1) is 0 Å². The molecule has 4 aromatic rings. The smallest absolute Gasteiger partial charge is 0.231 e. The molecule has 0 radical (unpaired) electrons. The largest absolute Gasteiger partial charge is 0.395 e. The number of hydrogen-bond acceptors (Lipinski definition) is 4. The molecule has 0 bridgehead atoms. The second kappa shape index (κ2) is 9.04. The fourth-order valence-electron chi connectivity index (χ4n) is 5.40. The van der Waals surface area contributed by atoms with Crippen LogP contribution in [0.25, 0.3) is 28.3 Å². The molecule has 0 saturated carbocycles. The predicted molar refractivity (Wildman–Crippen MR) is 137 cm³/mol. The molecular formula is C28H28FN5O2. The van der Waals surface area contributed by atoms with Crippen molar-refractivity contribution in [1.82, 2.24) is 19.0 Å². The molecule has 0 aliphatic carbocycles. The third-order valence-electron chi connectivity index (χ3n) is 7.25. The van der Waals surface area contributed by atoms with Crippen molar-refractivity contribution in [1.29, 1.82) is 0 Å². The zero-order chi connectivity index (χ0) is 24.8. The van der Waals surface area contributed by atoms with Gasteiger partial charge in [-0.3, -0.25) is 9.36 Å². The van der Waals surface area contributed by atoms with Gasteiger partial charge in [0.2, 0.25) is 5.91 Å². The zero-order valence-corrected chi connectivity index (χ0v) is 20.1. The van der Waals surface area contributed by atoms with Gasteiger partial charge in [0.25, 0.3) is 0 Å². The van der Waals surface area contributed by atoms with E-state index < -0.39 is 0 Å². The summed E-state index contributed by atoms with van der Waals surface area (Å²) in [4.78, 5) is 21.7. The lowest BCUT2D eigenvalue weighted by molar-refractivity contribution is -0.120. The molecule has 1 N–H and O–H groups in total. The van der Waals surface area contributed by atoms with E-state index in [0.29, 0.717) is 26.2 Å². The summed E-state index contributed by atoms with van der Waals surface area (Å²) in [7, 11) is 1.94. The number of rotatable bonds is 6. The second-order valence-electron chi connectivity index (χ2n) is 9.64. The molecule has 2 aromatic carbocycles. The van der Waals surface area contributed by atoms with Gasteiger partial charge in [0.05, 0.1) is 23.9 Å². The summed E-state index contributed by atoms with van der Waals surface area (Å²) in [6.45, 7) is 2.63. The first kappa shape index (κ1) is 22.7. The Morgan fingerprint density at radius 2 is 1.97 bits per heavy atom. The highest BCUT2D eigenvalue weighted by Gasteiger charge is 2.33. The summed E-state index contributed by atoms with van der Waals surface area (Å²) >= 11 is 0. The number of likely N-dealkylation sites (N-methyl/N-ethyl adjacent to an activating group) is 1. The van der Waals surface area contributed by atoms with Crippen molar-refractivity contribution < 1.29 is 14.3 Å². The van der Waals surface area contributed by atoms with Crippen LogP contribution in [0.2, 0.25) is 0 Å². The quantitative estimate of drug-likeness (QED) is 0.398. The van der Waals surface area contributed by atoms with Crippen LogP contribution in [0, 0.1) is 11.7 Å². The molecule has 184 valence electrons. The SMILES string of the molecule is CN(CCO)CC1CCN(c2ccc3c(c2)Cn2cc(-c4ccc(F)cc4)cc2-c2nccn2-3)C1=O. The summed E-state index contributed by atoms with van der Waals surface area (Å²) in [6.07, 6.45) is 6.64. The van der Waals surface area contributed by atoms with Crippen molar-refractivity contribution in [3.8, 4) is 28.3 Å². The maximum Gasteiger partial charge on any atom is 0.231 e. The summed E-state index contributed by atoms with van der Waals surface area (Å²) < 4.78 is 17.7. The van der Waals surface area contributed by atoms with E-state index >= 15 is 0 Å². The molecule has 1 amide bonds. The van der Waals surface area contributed by atoms with Crippen molar-refractivity contribution in [3.05, 3.63) is 78.5 Å².